The third kappa shape index (κ3) is 2.93. The highest BCUT2D eigenvalue weighted by Gasteiger charge is 2.32. The second kappa shape index (κ2) is 5.95. The molecule has 1 aromatic rings. The predicted molar refractivity (Wildman–Crippen MR) is 79.1 cm³/mol. The third-order valence-corrected chi connectivity index (χ3v) is 3.48. The van der Waals surface area contributed by atoms with Crippen molar-refractivity contribution in [3.63, 3.8) is 0 Å². The van der Waals surface area contributed by atoms with E-state index in [0.29, 0.717) is 5.70 Å². The molecule has 1 atom stereocenters. The van der Waals surface area contributed by atoms with Gasteiger partial charge >= 0.3 is 11.7 Å². The molecule has 1 aliphatic rings. The second-order valence-corrected chi connectivity index (χ2v) is 4.97. The first-order chi connectivity index (χ1) is 10.8. The van der Waals surface area contributed by atoms with E-state index in [-0.39, 0.29) is 22.7 Å². The van der Waals surface area contributed by atoms with Gasteiger partial charge in [0.2, 0.25) is 5.75 Å². The molecule has 0 bridgehead atoms. The lowest BCUT2D eigenvalue weighted by Crippen LogP contribution is -2.44. The van der Waals surface area contributed by atoms with Crippen LogP contribution in [0, 0.1) is 10.1 Å². The van der Waals surface area contributed by atoms with Gasteiger partial charge in [-0.3, -0.25) is 14.9 Å². The average Bonchev–Trinajstić information content (AvgIpc) is 2.45. The SMILES string of the molecule is COc1cc([C@@H]2NC(=O)NC(C)=C2C(C)=O)cc([N+](=O)[O-])c1O. The topological polar surface area (TPSA) is 131 Å². The largest absolute Gasteiger partial charge is 0.500 e. The maximum Gasteiger partial charge on any atom is 0.319 e. The van der Waals surface area contributed by atoms with Crippen LogP contribution in [0.15, 0.2) is 23.4 Å². The van der Waals surface area contributed by atoms with Crippen LogP contribution in [0.25, 0.3) is 0 Å². The van der Waals surface area contributed by atoms with Crippen molar-refractivity contribution in [2.24, 2.45) is 0 Å². The molecule has 9 nitrogen and oxygen atoms in total. The van der Waals surface area contributed by atoms with Gasteiger partial charge in [-0.1, -0.05) is 0 Å². The van der Waals surface area contributed by atoms with Crippen LogP contribution in [0.4, 0.5) is 10.5 Å². The van der Waals surface area contributed by atoms with Gasteiger partial charge in [0.05, 0.1) is 18.1 Å². The van der Waals surface area contributed by atoms with E-state index in [2.05, 4.69) is 10.6 Å². The fourth-order valence-corrected chi connectivity index (χ4v) is 2.49. The number of nitro benzene ring substituents is 1. The Morgan fingerprint density at radius 3 is 2.61 bits per heavy atom. The number of carbonyl (C=O) groups is 2. The zero-order valence-electron chi connectivity index (χ0n) is 12.7. The number of rotatable bonds is 4. The van der Waals surface area contributed by atoms with Crippen molar-refractivity contribution >= 4 is 17.5 Å². The first-order valence-electron chi connectivity index (χ1n) is 6.60. The van der Waals surface area contributed by atoms with Crippen molar-refractivity contribution in [2.45, 2.75) is 19.9 Å². The lowest BCUT2D eigenvalue weighted by atomic mass is 9.92. The molecule has 0 unspecified atom stereocenters. The number of carbonyl (C=O) groups excluding carboxylic acids is 2. The van der Waals surface area contributed by atoms with Crippen molar-refractivity contribution in [1.29, 1.82) is 0 Å². The highest BCUT2D eigenvalue weighted by Crippen LogP contribution is 2.40. The Balaban J connectivity index is 2.66. The van der Waals surface area contributed by atoms with Gasteiger partial charge in [0.1, 0.15) is 0 Å². The van der Waals surface area contributed by atoms with Gasteiger partial charge in [0.15, 0.2) is 11.5 Å². The molecule has 0 aromatic heterocycles. The van der Waals surface area contributed by atoms with Gasteiger partial charge in [0.25, 0.3) is 0 Å². The van der Waals surface area contributed by atoms with Crippen LogP contribution in [0.5, 0.6) is 11.5 Å². The molecule has 1 aromatic carbocycles. The molecular formula is C14H15N3O6. The maximum atomic E-state index is 11.9. The van der Waals surface area contributed by atoms with Gasteiger partial charge in [-0.25, -0.2) is 4.79 Å². The molecule has 2 amide bonds. The minimum atomic E-state index is -0.880. The molecule has 1 heterocycles. The predicted octanol–water partition coefficient (Wildman–Crippen LogP) is 1.53. The maximum absolute atomic E-state index is 11.9. The lowest BCUT2D eigenvalue weighted by molar-refractivity contribution is -0.386. The van der Waals surface area contributed by atoms with Crippen LogP contribution in [0.3, 0.4) is 0 Å². The molecule has 9 heteroatoms. The number of benzene rings is 1. The summed E-state index contributed by atoms with van der Waals surface area (Å²) in [6, 6.07) is 1.03. The number of ketones is 1. The minimum absolute atomic E-state index is 0.123. The van der Waals surface area contributed by atoms with E-state index in [1.54, 1.807) is 6.92 Å². The van der Waals surface area contributed by atoms with Gasteiger partial charge in [-0.05, 0) is 25.5 Å². The molecule has 0 saturated carbocycles. The number of urea groups is 1. The van der Waals surface area contributed by atoms with Gasteiger partial charge in [-0.2, -0.15) is 0 Å². The smallest absolute Gasteiger partial charge is 0.319 e. The number of Topliss-reactive ketones (excluding diaryl/α,β-unsaturated/α-hetero) is 1. The van der Waals surface area contributed by atoms with E-state index >= 15 is 0 Å². The highest BCUT2D eigenvalue weighted by atomic mass is 16.6. The van der Waals surface area contributed by atoms with E-state index in [0.717, 1.165) is 6.07 Å². The Labute approximate surface area is 131 Å². The van der Waals surface area contributed by atoms with E-state index in [4.69, 9.17) is 4.74 Å². The van der Waals surface area contributed by atoms with E-state index in [1.807, 2.05) is 0 Å². The number of phenolic OH excluding ortho intramolecular Hbond substituents is 1. The Morgan fingerprint density at radius 2 is 2.09 bits per heavy atom. The van der Waals surface area contributed by atoms with E-state index in [9.17, 15) is 24.8 Å². The summed E-state index contributed by atoms with van der Waals surface area (Å²) in [5, 5.41) is 25.9. The normalized spacial score (nSPS) is 17.3. The van der Waals surface area contributed by atoms with Crippen LogP contribution in [-0.2, 0) is 4.79 Å². The fourth-order valence-electron chi connectivity index (χ4n) is 2.49. The van der Waals surface area contributed by atoms with Crippen LogP contribution in [0.2, 0.25) is 0 Å². The molecule has 2 rings (SSSR count). The number of aromatic hydroxyl groups is 1. The number of nitrogens with one attached hydrogen (secondary N) is 2. The van der Waals surface area contributed by atoms with E-state index < -0.39 is 28.4 Å². The molecule has 0 aliphatic carbocycles. The summed E-state index contributed by atoms with van der Waals surface area (Å²) in [6.45, 7) is 2.89. The zero-order chi connectivity index (χ0) is 17.3. The number of hydrogen-bond donors (Lipinski definition) is 3. The van der Waals surface area contributed by atoms with Crippen molar-refractivity contribution in [3.05, 3.63) is 39.1 Å². The van der Waals surface area contributed by atoms with Crippen LogP contribution in [0.1, 0.15) is 25.5 Å². The third-order valence-electron chi connectivity index (χ3n) is 3.48. The quantitative estimate of drug-likeness (QED) is 0.569. The van der Waals surface area contributed by atoms with Crippen molar-refractivity contribution in [3.8, 4) is 11.5 Å². The molecule has 0 saturated heterocycles. The Morgan fingerprint density at radius 1 is 1.43 bits per heavy atom. The number of nitrogens with zero attached hydrogens (tertiary/aromatic N) is 1. The summed E-state index contributed by atoms with van der Waals surface area (Å²) >= 11 is 0. The zero-order valence-corrected chi connectivity index (χ0v) is 12.7. The van der Waals surface area contributed by atoms with Gasteiger partial charge in [0, 0.05) is 17.3 Å². The van der Waals surface area contributed by atoms with Crippen LogP contribution < -0.4 is 15.4 Å². The lowest BCUT2D eigenvalue weighted by Gasteiger charge is -2.28. The van der Waals surface area contributed by atoms with Gasteiger partial charge < -0.3 is 20.5 Å². The monoisotopic (exact) mass is 321 g/mol. The highest BCUT2D eigenvalue weighted by molar-refractivity contribution is 5.98. The summed E-state index contributed by atoms with van der Waals surface area (Å²) in [4.78, 5) is 33.9. The second-order valence-electron chi connectivity index (χ2n) is 4.97. The Kier molecular flexibility index (Phi) is 4.21. The Hall–Kier alpha value is -3.10. The standard InChI is InChI=1S/C14H15N3O6/c1-6-11(7(2)18)12(16-14(20)15-6)8-4-9(17(21)22)13(19)10(5-8)23-3/h4-5,12,19H,1-3H3,(H2,15,16,20)/t12-/m0/s1. The van der Waals surface area contributed by atoms with Crippen molar-refractivity contribution in [1.82, 2.24) is 10.6 Å². The summed E-state index contributed by atoms with van der Waals surface area (Å²) in [5.41, 5.74) is 0.311. The number of phenols is 1. The summed E-state index contributed by atoms with van der Waals surface area (Å²) in [5.74, 6) is -1.04. The first-order valence-corrected chi connectivity index (χ1v) is 6.60. The Bertz CT molecular complexity index is 740. The number of methoxy groups -OCH3 is 1. The van der Waals surface area contributed by atoms with Crippen LogP contribution in [-0.4, -0.2) is 29.0 Å². The van der Waals surface area contributed by atoms with Crippen molar-refractivity contribution in [2.75, 3.05) is 7.11 Å². The number of ether oxygens (including phenoxy) is 1. The summed E-state index contributed by atoms with van der Waals surface area (Å²) in [6.07, 6.45) is 0. The summed E-state index contributed by atoms with van der Waals surface area (Å²) < 4.78 is 4.93. The molecular weight excluding hydrogens is 306 g/mol. The molecule has 0 radical (unpaired) electrons. The molecule has 23 heavy (non-hydrogen) atoms. The number of allylic oxidation sites excluding steroid dienone is 1. The first kappa shape index (κ1) is 16.3. The molecule has 3 N–H and O–H groups in total. The fraction of sp³-hybridized carbons (Fsp3) is 0.286. The molecule has 0 fully saturated rings. The van der Waals surface area contributed by atoms with E-state index in [1.165, 1.54) is 20.1 Å². The number of hydrogen-bond acceptors (Lipinski definition) is 6. The molecule has 0 spiro atoms. The minimum Gasteiger partial charge on any atom is -0.500 e. The molecule has 1 aliphatic heterocycles. The number of amides is 2. The molecule has 122 valence electrons. The number of nitro groups is 1. The van der Waals surface area contributed by atoms with Gasteiger partial charge in [-0.15, -0.1) is 0 Å². The van der Waals surface area contributed by atoms with Crippen molar-refractivity contribution < 1.29 is 24.4 Å². The summed E-state index contributed by atoms with van der Waals surface area (Å²) in [7, 11) is 1.25. The van der Waals surface area contributed by atoms with Crippen LogP contribution >= 0.6 is 0 Å². The average molecular weight is 321 g/mol.